The molecule has 2 aromatic heterocycles. The number of hydrogen-bond acceptors (Lipinski definition) is 5. The van der Waals surface area contributed by atoms with Crippen molar-refractivity contribution < 1.29 is 9.21 Å². The summed E-state index contributed by atoms with van der Waals surface area (Å²) >= 11 is 1.77. The van der Waals surface area contributed by atoms with Gasteiger partial charge in [-0.05, 0) is 43.9 Å². The summed E-state index contributed by atoms with van der Waals surface area (Å²) in [4.78, 5) is 20.1. The largest absolute Gasteiger partial charge is 0.464 e. The molecule has 0 saturated carbocycles. The lowest BCUT2D eigenvalue weighted by atomic mass is 9.93. The number of hydrogen-bond donors (Lipinski definition) is 1. The van der Waals surface area contributed by atoms with E-state index in [-0.39, 0.29) is 6.03 Å². The zero-order chi connectivity index (χ0) is 18.4. The Morgan fingerprint density at radius 3 is 2.73 bits per heavy atom. The molecule has 1 N–H and O–H groups in total. The van der Waals surface area contributed by atoms with Crippen LogP contribution in [0.3, 0.4) is 0 Å². The lowest BCUT2D eigenvalue weighted by Gasteiger charge is -2.39. The van der Waals surface area contributed by atoms with Gasteiger partial charge in [-0.3, -0.25) is 4.98 Å². The van der Waals surface area contributed by atoms with Crippen LogP contribution in [-0.4, -0.2) is 60.3 Å². The Morgan fingerprint density at radius 1 is 1.27 bits per heavy atom. The van der Waals surface area contributed by atoms with Gasteiger partial charge in [-0.1, -0.05) is 0 Å². The van der Waals surface area contributed by atoms with Crippen LogP contribution in [0.2, 0.25) is 0 Å². The van der Waals surface area contributed by atoms with Gasteiger partial charge < -0.3 is 19.5 Å². The Kier molecular flexibility index (Phi) is 6.57. The summed E-state index contributed by atoms with van der Waals surface area (Å²) in [5.41, 5.74) is 1.26. The van der Waals surface area contributed by atoms with Crippen molar-refractivity contribution in [3.05, 3.63) is 53.7 Å². The zero-order valence-corrected chi connectivity index (χ0v) is 16.2. The van der Waals surface area contributed by atoms with Gasteiger partial charge in [0.25, 0.3) is 0 Å². The number of furan rings is 1. The number of nitrogens with zero attached hydrogens (tertiary/aromatic N) is 3. The molecule has 1 saturated heterocycles. The number of thioether (sulfide) groups is 1. The van der Waals surface area contributed by atoms with E-state index in [0.29, 0.717) is 12.5 Å². The van der Waals surface area contributed by atoms with E-state index in [1.54, 1.807) is 24.2 Å². The summed E-state index contributed by atoms with van der Waals surface area (Å²) in [6, 6.07) is 8.14. The van der Waals surface area contributed by atoms with Gasteiger partial charge in [0.1, 0.15) is 11.5 Å². The summed E-state index contributed by atoms with van der Waals surface area (Å²) < 4.78 is 5.78. The zero-order valence-electron chi connectivity index (χ0n) is 15.4. The summed E-state index contributed by atoms with van der Waals surface area (Å²) in [5, 5.41) is 2.99. The minimum Gasteiger partial charge on any atom is -0.464 e. The number of urea groups is 1. The van der Waals surface area contributed by atoms with Gasteiger partial charge >= 0.3 is 6.03 Å². The van der Waals surface area contributed by atoms with E-state index in [9.17, 15) is 4.79 Å². The highest BCUT2D eigenvalue weighted by molar-refractivity contribution is 7.98. The van der Waals surface area contributed by atoms with E-state index < -0.39 is 0 Å². The first kappa shape index (κ1) is 18.8. The van der Waals surface area contributed by atoms with Crippen molar-refractivity contribution in [2.45, 2.75) is 18.2 Å². The molecule has 0 bridgehead atoms. The number of likely N-dealkylation sites (tertiary alicyclic amines) is 1. The summed E-state index contributed by atoms with van der Waals surface area (Å²) in [5.74, 6) is 4.11. The highest BCUT2D eigenvalue weighted by atomic mass is 32.2. The molecule has 0 spiro atoms. The topological polar surface area (TPSA) is 61.6 Å². The molecule has 3 heterocycles. The second-order valence-corrected chi connectivity index (χ2v) is 7.88. The van der Waals surface area contributed by atoms with Crippen molar-refractivity contribution in [3.8, 4) is 0 Å². The van der Waals surface area contributed by atoms with Crippen molar-refractivity contribution >= 4 is 17.8 Å². The molecule has 140 valence electrons. The number of aromatic nitrogens is 1. The third-order valence-electron chi connectivity index (χ3n) is 4.30. The first-order valence-electron chi connectivity index (χ1n) is 8.84. The molecule has 3 rings (SSSR count). The van der Waals surface area contributed by atoms with Gasteiger partial charge in [0, 0.05) is 43.7 Å². The van der Waals surface area contributed by atoms with Crippen LogP contribution in [0.1, 0.15) is 23.0 Å². The normalized spacial score (nSPS) is 14.5. The van der Waals surface area contributed by atoms with Crippen LogP contribution < -0.4 is 5.32 Å². The highest BCUT2D eigenvalue weighted by Gasteiger charge is 2.31. The van der Waals surface area contributed by atoms with Crippen molar-refractivity contribution in [1.82, 2.24) is 20.1 Å². The number of pyridine rings is 1. The van der Waals surface area contributed by atoms with Gasteiger partial charge in [-0.25, -0.2) is 4.79 Å². The molecule has 7 heteroatoms. The van der Waals surface area contributed by atoms with Crippen LogP contribution in [0.5, 0.6) is 0 Å². The summed E-state index contributed by atoms with van der Waals surface area (Å²) in [6.07, 6.45) is 3.61. The van der Waals surface area contributed by atoms with Gasteiger partial charge in [0.15, 0.2) is 0 Å². The van der Waals surface area contributed by atoms with E-state index in [1.807, 2.05) is 43.3 Å². The molecule has 0 atom stereocenters. The van der Waals surface area contributed by atoms with Crippen molar-refractivity contribution in [3.63, 3.8) is 0 Å². The molecule has 0 unspecified atom stereocenters. The van der Waals surface area contributed by atoms with Crippen LogP contribution in [0.4, 0.5) is 4.79 Å². The van der Waals surface area contributed by atoms with E-state index in [1.165, 1.54) is 5.56 Å². The van der Waals surface area contributed by atoms with E-state index in [4.69, 9.17) is 4.42 Å². The molecule has 1 aliphatic rings. The fourth-order valence-corrected chi connectivity index (χ4v) is 3.65. The third kappa shape index (κ3) is 5.25. The minimum absolute atomic E-state index is 0.0298. The average molecular weight is 375 g/mol. The minimum atomic E-state index is 0.0298. The van der Waals surface area contributed by atoms with Crippen molar-refractivity contribution in [2.24, 2.45) is 0 Å². The van der Waals surface area contributed by atoms with E-state index >= 15 is 0 Å². The van der Waals surface area contributed by atoms with Crippen LogP contribution in [0.25, 0.3) is 0 Å². The molecule has 26 heavy (non-hydrogen) atoms. The van der Waals surface area contributed by atoms with Crippen LogP contribution in [-0.2, 0) is 12.3 Å². The molecule has 1 aliphatic heterocycles. The number of carbonyl (C=O) groups excluding carboxylic acids is 1. The molecule has 0 radical (unpaired) electrons. The molecular formula is C19H26N4O2S. The quantitative estimate of drug-likeness (QED) is 0.720. The van der Waals surface area contributed by atoms with Crippen LogP contribution >= 0.6 is 11.8 Å². The Balaban J connectivity index is 1.27. The predicted molar refractivity (Wildman–Crippen MR) is 104 cm³/mol. The standard InChI is InChI=1S/C19H26N4O2S/c1-22(2)13-17-3-4-18(25-17)14-26-10-9-21-19(24)23-11-16(12-23)15-5-7-20-8-6-15/h3-8,16H,9-14H2,1-2H3,(H,21,24). The summed E-state index contributed by atoms with van der Waals surface area (Å²) in [7, 11) is 4.05. The third-order valence-corrected chi connectivity index (χ3v) is 5.28. The van der Waals surface area contributed by atoms with Crippen molar-refractivity contribution in [2.75, 3.05) is 39.5 Å². The first-order chi connectivity index (χ1) is 12.6. The molecule has 2 amide bonds. The second kappa shape index (κ2) is 9.09. The maximum Gasteiger partial charge on any atom is 0.317 e. The Labute approximate surface area is 159 Å². The highest BCUT2D eigenvalue weighted by Crippen LogP contribution is 2.26. The fraction of sp³-hybridized carbons (Fsp3) is 0.474. The fourth-order valence-electron chi connectivity index (χ4n) is 2.90. The summed E-state index contributed by atoms with van der Waals surface area (Å²) in [6.45, 7) is 3.05. The van der Waals surface area contributed by atoms with Crippen LogP contribution in [0.15, 0.2) is 41.1 Å². The Morgan fingerprint density at radius 2 is 2.00 bits per heavy atom. The van der Waals surface area contributed by atoms with Gasteiger partial charge in [-0.15, -0.1) is 0 Å². The second-order valence-electron chi connectivity index (χ2n) is 6.77. The number of amides is 2. The van der Waals surface area contributed by atoms with Crippen LogP contribution in [0, 0.1) is 0 Å². The molecule has 6 nitrogen and oxygen atoms in total. The van der Waals surface area contributed by atoms with Crippen molar-refractivity contribution in [1.29, 1.82) is 0 Å². The maximum absolute atomic E-state index is 12.1. The molecule has 1 fully saturated rings. The number of rotatable bonds is 8. The lowest BCUT2D eigenvalue weighted by molar-refractivity contribution is 0.152. The van der Waals surface area contributed by atoms with Gasteiger partial charge in [0.05, 0.1) is 12.3 Å². The smallest absolute Gasteiger partial charge is 0.317 e. The lowest BCUT2D eigenvalue weighted by Crippen LogP contribution is -2.52. The maximum atomic E-state index is 12.1. The first-order valence-corrected chi connectivity index (χ1v) is 10.00. The van der Waals surface area contributed by atoms with E-state index in [0.717, 1.165) is 42.7 Å². The molecule has 0 aliphatic carbocycles. The monoisotopic (exact) mass is 374 g/mol. The number of nitrogens with one attached hydrogen (secondary N) is 1. The molecule has 0 aromatic carbocycles. The number of carbonyl (C=O) groups is 1. The predicted octanol–water partition coefficient (Wildman–Crippen LogP) is 2.78. The average Bonchev–Trinajstić information content (AvgIpc) is 3.01. The van der Waals surface area contributed by atoms with E-state index in [2.05, 4.69) is 15.2 Å². The SMILES string of the molecule is CN(C)Cc1ccc(CSCCNC(=O)N2CC(c3ccncc3)C2)o1. The Bertz CT molecular complexity index is 699. The van der Waals surface area contributed by atoms with Gasteiger partial charge in [0.2, 0.25) is 0 Å². The Hall–Kier alpha value is -1.99. The molecular weight excluding hydrogens is 348 g/mol. The molecule has 2 aromatic rings. The van der Waals surface area contributed by atoms with Gasteiger partial charge in [-0.2, -0.15) is 11.8 Å².